The van der Waals surface area contributed by atoms with E-state index in [4.69, 9.17) is 0 Å². The maximum atomic E-state index is 10.3. The minimum Gasteiger partial charge on any atom is -0.396 e. The van der Waals surface area contributed by atoms with E-state index in [0.717, 1.165) is 16.5 Å². The second-order valence-electron chi connectivity index (χ2n) is 5.87. The van der Waals surface area contributed by atoms with E-state index in [2.05, 4.69) is 40.3 Å². The van der Waals surface area contributed by atoms with Crippen molar-refractivity contribution in [1.82, 2.24) is 5.32 Å². The van der Waals surface area contributed by atoms with Gasteiger partial charge >= 0.3 is 0 Å². The zero-order valence-electron chi connectivity index (χ0n) is 13.4. The quantitative estimate of drug-likeness (QED) is 0.661. The van der Waals surface area contributed by atoms with Gasteiger partial charge in [0.25, 0.3) is 0 Å². The maximum Gasteiger partial charge on any atom is 0.0925 e. The summed E-state index contributed by atoms with van der Waals surface area (Å²) in [6.07, 6.45) is 0.268. The highest BCUT2D eigenvalue weighted by atomic mass is 79.9. The molecule has 2 atom stereocenters. The van der Waals surface area contributed by atoms with Crippen molar-refractivity contribution in [2.45, 2.75) is 19.4 Å². The monoisotopic (exact) mass is 377 g/mol. The molecule has 0 radical (unpaired) electrons. The minimum atomic E-state index is -0.566. The van der Waals surface area contributed by atoms with Gasteiger partial charge in [-0.05, 0) is 42.0 Å². The van der Waals surface area contributed by atoms with Crippen LogP contribution in [0.3, 0.4) is 0 Å². The van der Waals surface area contributed by atoms with Crippen LogP contribution in [0.25, 0.3) is 0 Å². The molecule has 124 valence electrons. The number of hydrogen-bond acceptors (Lipinski definition) is 3. The van der Waals surface area contributed by atoms with Gasteiger partial charge in [-0.3, -0.25) is 0 Å². The number of halogens is 1. The minimum absolute atomic E-state index is 0.131. The van der Waals surface area contributed by atoms with Crippen molar-refractivity contribution < 1.29 is 10.2 Å². The van der Waals surface area contributed by atoms with Crippen molar-refractivity contribution in [2.75, 3.05) is 19.7 Å². The summed E-state index contributed by atoms with van der Waals surface area (Å²) in [5.41, 5.74) is 3.39. The molecule has 2 aromatic rings. The molecule has 0 amide bonds. The van der Waals surface area contributed by atoms with Gasteiger partial charge in [0.15, 0.2) is 0 Å². The van der Waals surface area contributed by atoms with Gasteiger partial charge in [0.2, 0.25) is 0 Å². The average Bonchev–Trinajstić information content (AvgIpc) is 2.56. The van der Waals surface area contributed by atoms with Gasteiger partial charge in [0.1, 0.15) is 0 Å². The Morgan fingerprint density at radius 1 is 1.04 bits per heavy atom. The fraction of sp³-hybridized carbons (Fsp3) is 0.368. The lowest BCUT2D eigenvalue weighted by atomic mass is 9.96. The fourth-order valence-corrected chi connectivity index (χ4v) is 3.18. The molecule has 0 fully saturated rings. The normalized spacial score (nSPS) is 13.7. The summed E-state index contributed by atoms with van der Waals surface area (Å²) in [6.45, 7) is 3.36. The van der Waals surface area contributed by atoms with E-state index in [1.807, 2.05) is 36.4 Å². The zero-order valence-corrected chi connectivity index (χ0v) is 15.0. The number of rotatable bonds is 8. The van der Waals surface area contributed by atoms with Crippen LogP contribution >= 0.6 is 15.9 Å². The highest BCUT2D eigenvalue weighted by Crippen LogP contribution is 2.22. The van der Waals surface area contributed by atoms with Crippen LogP contribution in [-0.4, -0.2) is 29.9 Å². The summed E-state index contributed by atoms with van der Waals surface area (Å²) in [5.74, 6) is 0.141. The number of hydrogen-bond donors (Lipinski definition) is 3. The van der Waals surface area contributed by atoms with Gasteiger partial charge in [-0.25, -0.2) is 0 Å². The van der Waals surface area contributed by atoms with Crippen molar-refractivity contribution in [3.63, 3.8) is 0 Å². The molecule has 23 heavy (non-hydrogen) atoms. The van der Waals surface area contributed by atoms with E-state index in [1.54, 1.807) is 0 Å². The summed E-state index contributed by atoms with van der Waals surface area (Å²) < 4.78 is 0.910. The van der Waals surface area contributed by atoms with Crippen molar-refractivity contribution >= 4 is 15.9 Å². The predicted octanol–water partition coefficient (Wildman–Crippen LogP) is 3.23. The Balaban J connectivity index is 1.84. The third-order valence-corrected chi connectivity index (χ3v) is 4.79. The Hall–Kier alpha value is -1.20. The lowest BCUT2D eigenvalue weighted by Crippen LogP contribution is -2.30. The lowest BCUT2D eigenvalue weighted by molar-refractivity contribution is 0.165. The molecule has 2 unspecified atom stereocenters. The van der Waals surface area contributed by atoms with Crippen LogP contribution in [0.4, 0.5) is 0 Å². The van der Waals surface area contributed by atoms with Gasteiger partial charge in [-0.1, -0.05) is 58.4 Å². The molecule has 0 saturated carbocycles. The SMILES string of the molecule is Cc1ccccc1CC(CO)CNCC(O)c1ccccc1Br. The Labute approximate surface area is 146 Å². The molecule has 0 aliphatic heterocycles. The molecular formula is C19H24BrNO2. The number of aryl methyl sites for hydroxylation is 1. The Morgan fingerprint density at radius 3 is 2.43 bits per heavy atom. The second kappa shape index (κ2) is 9.18. The van der Waals surface area contributed by atoms with E-state index >= 15 is 0 Å². The van der Waals surface area contributed by atoms with Gasteiger partial charge in [-0.2, -0.15) is 0 Å². The smallest absolute Gasteiger partial charge is 0.0925 e. The van der Waals surface area contributed by atoms with Crippen LogP contribution in [0.15, 0.2) is 53.0 Å². The molecule has 3 nitrogen and oxygen atoms in total. The molecule has 0 bridgehead atoms. The van der Waals surface area contributed by atoms with Crippen LogP contribution in [0.1, 0.15) is 22.8 Å². The topological polar surface area (TPSA) is 52.5 Å². The highest BCUT2D eigenvalue weighted by molar-refractivity contribution is 9.10. The molecule has 0 aliphatic rings. The summed E-state index contributed by atoms with van der Waals surface area (Å²) in [7, 11) is 0. The first-order valence-electron chi connectivity index (χ1n) is 7.90. The van der Waals surface area contributed by atoms with Crippen LogP contribution in [0.5, 0.6) is 0 Å². The maximum absolute atomic E-state index is 10.3. The van der Waals surface area contributed by atoms with Gasteiger partial charge in [-0.15, -0.1) is 0 Å². The van der Waals surface area contributed by atoms with Crippen LogP contribution < -0.4 is 5.32 Å². The first-order valence-corrected chi connectivity index (χ1v) is 8.69. The summed E-state index contributed by atoms with van der Waals surface area (Å²) in [6, 6.07) is 15.9. The number of aliphatic hydroxyl groups is 2. The van der Waals surface area contributed by atoms with Crippen LogP contribution in [0.2, 0.25) is 0 Å². The lowest BCUT2D eigenvalue weighted by Gasteiger charge is -2.19. The summed E-state index contributed by atoms with van der Waals surface area (Å²) in [4.78, 5) is 0. The Morgan fingerprint density at radius 2 is 1.74 bits per heavy atom. The number of benzene rings is 2. The average molecular weight is 378 g/mol. The highest BCUT2D eigenvalue weighted by Gasteiger charge is 2.13. The van der Waals surface area contributed by atoms with Gasteiger partial charge in [0.05, 0.1) is 6.10 Å². The van der Waals surface area contributed by atoms with Crippen molar-refractivity contribution in [3.8, 4) is 0 Å². The van der Waals surface area contributed by atoms with Crippen molar-refractivity contribution in [2.24, 2.45) is 5.92 Å². The first kappa shape index (κ1) is 18.1. The predicted molar refractivity (Wildman–Crippen MR) is 97.4 cm³/mol. The third kappa shape index (κ3) is 5.43. The summed E-state index contributed by atoms with van der Waals surface area (Å²) >= 11 is 3.46. The molecule has 0 heterocycles. The molecule has 2 rings (SSSR count). The molecule has 0 aliphatic carbocycles. The van der Waals surface area contributed by atoms with E-state index in [0.29, 0.717) is 13.1 Å². The molecule has 0 aromatic heterocycles. The zero-order chi connectivity index (χ0) is 16.7. The van der Waals surface area contributed by atoms with E-state index in [1.165, 1.54) is 11.1 Å². The van der Waals surface area contributed by atoms with Crippen LogP contribution in [-0.2, 0) is 6.42 Å². The van der Waals surface area contributed by atoms with Gasteiger partial charge < -0.3 is 15.5 Å². The number of aliphatic hydroxyl groups excluding tert-OH is 2. The van der Waals surface area contributed by atoms with Crippen LogP contribution in [0, 0.1) is 12.8 Å². The first-order chi connectivity index (χ1) is 11.1. The van der Waals surface area contributed by atoms with E-state index in [-0.39, 0.29) is 12.5 Å². The molecular weight excluding hydrogens is 354 g/mol. The van der Waals surface area contributed by atoms with E-state index < -0.39 is 6.10 Å². The summed E-state index contributed by atoms with van der Waals surface area (Å²) in [5, 5.41) is 23.1. The fourth-order valence-electron chi connectivity index (χ4n) is 2.63. The molecule has 3 N–H and O–H groups in total. The Kier molecular flexibility index (Phi) is 7.24. The molecule has 4 heteroatoms. The number of nitrogens with one attached hydrogen (secondary N) is 1. The molecule has 0 spiro atoms. The van der Waals surface area contributed by atoms with Crippen molar-refractivity contribution in [3.05, 3.63) is 69.7 Å². The third-order valence-electron chi connectivity index (χ3n) is 4.06. The largest absolute Gasteiger partial charge is 0.396 e. The standard InChI is InChI=1S/C19H24BrNO2/c1-14-6-2-3-7-16(14)10-15(13-22)11-21-12-19(23)17-8-4-5-9-18(17)20/h2-9,15,19,21-23H,10-13H2,1H3. The second-order valence-corrected chi connectivity index (χ2v) is 6.73. The molecule has 0 saturated heterocycles. The van der Waals surface area contributed by atoms with E-state index in [9.17, 15) is 10.2 Å². The molecule has 2 aromatic carbocycles. The van der Waals surface area contributed by atoms with Gasteiger partial charge in [0, 0.05) is 24.2 Å². The van der Waals surface area contributed by atoms with Crippen molar-refractivity contribution in [1.29, 1.82) is 0 Å². The Bertz CT molecular complexity index is 618.